The standard InChI is InChI=1S/C32H23Cl2F4N3O7/c33-18-8-4-9-19(34)27(18)31(46)39-22-10-5-13-40(32(22)47)41(25(43)12-11-17-6-2-1-3-7-17)23(15-26(44)45)24(42)16-48-30-28(37)20(35)14-21(36)29(30)38/h1-10,13-14,23H,11-12,15-16H2,(H,39,46)(H,44,45)/t23-/m0/s1. The van der Waals surface area contributed by atoms with Crippen molar-refractivity contribution in [3.8, 4) is 5.75 Å². The van der Waals surface area contributed by atoms with E-state index in [1.165, 1.54) is 24.3 Å². The van der Waals surface area contributed by atoms with Crippen LogP contribution in [0.2, 0.25) is 10.0 Å². The van der Waals surface area contributed by atoms with Crippen LogP contribution in [0.5, 0.6) is 5.75 Å². The van der Waals surface area contributed by atoms with E-state index in [9.17, 15) is 46.6 Å². The molecule has 16 heteroatoms. The molecule has 2 amide bonds. The first-order valence-electron chi connectivity index (χ1n) is 13.8. The maximum Gasteiger partial charge on any atom is 0.305 e. The Bertz CT molecular complexity index is 1900. The number of anilines is 1. The molecule has 1 atom stereocenters. The minimum Gasteiger partial charge on any atom is -0.481 e. The number of rotatable bonds is 13. The van der Waals surface area contributed by atoms with Gasteiger partial charge in [0.1, 0.15) is 18.3 Å². The van der Waals surface area contributed by atoms with Crippen LogP contribution in [0.3, 0.4) is 0 Å². The fourth-order valence-electron chi connectivity index (χ4n) is 4.52. The van der Waals surface area contributed by atoms with E-state index >= 15 is 0 Å². The molecular formula is C32H23Cl2F4N3O7. The number of amides is 2. The summed E-state index contributed by atoms with van der Waals surface area (Å²) < 4.78 is 61.2. The molecular weight excluding hydrogens is 685 g/mol. The lowest BCUT2D eigenvalue weighted by Gasteiger charge is -2.31. The number of benzene rings is 3. The highest BCUT2D eigenvalue weighted by Crippen LogP contribution is 2.27. The SMILES string of the molecule is O=C(O)C[C@@H](C(=O)COc1c(F)c(F)cc(F)c1F)N(C(=O)CCc1ccccc1)n1cccc(NC(=O)c2c(Cl)cccc2Cl)c1=O. The highest BCUT2D eigenvalue weighted by atomic mass is 35.5. The highest BCUT2D eigenvalue weighted by Gasteiger charge is 2.35. The Morgan fingerprint density at radius 3 is 2.12 bits per heavy atom. The van der Waals surface area contributed by atoms with Gasteiger partial charge < -0.3 is 15.2 Å². The number of hydrogen-bond donors (Lipinski definition) is 2. The van der Waals surface area contributed by atoms with Crippen LogP contribution in [-0.4, -0.2) is 46.0 Å². The van der Waals surface area contributed by atoms with Crippen molar-refractivity contribution in [3.05, 3.63) is 128 Å². The average Bonchev–Trinajstić information content (AvgIpc) is 3.04. The van der Waals surface area contributed by atoms with Crippen LogP contribution in [0.1, 0.15) is 28.8 Å². The van der Waals surface area contributed by atoms with Gasteiger partial charge in [-0.2, -0.15) is 8.78 Å². The van der Waals surface area contributed by atoms with E-state index in [4.69, 9.17) is 27.9 Å². The molecule has 1 heterocycles. The Morgan fingerprint density at radius 2 is 1.52 bits per heavy atom. The zero-order valence-corrected chi connectivity index (χ0v) is 25.9. The number of nitrogens with zero attached hydrogens (tertiary/aromatic N) is 2. The van der Waals surface area contributed by atoms with Crippen molar-refractivity contribution in [2.45, 2.75) is 25.3 Å². The van der Waals surface area contributed by atoms with Gasteiger partial charge in [-0.05, 0) is 36.2 Å². The first-order chi connectivity index (χ1) is 22.8. The van der Waals surface area contributed by atoms with Crippen LogP contribution in [0, 0.1) is 23.3 Å². The summed E-state index contributed by atoms with van der Waals surface area (Å²) >= 11 is 12.2. The summed E-state index contributed by atoms with van der Waals surface area (Å²) in [6, 6.07) is 12.9. The number of carboxylic acid groups (broad SMARTS) is 1. The molecule has 10 nitrogen and oxygen atoms in total. The summed E-state index contributed by atoms with van der Waals surface area (Å²) in [4.78, 5) is 65.8. The number of pyridine rings is 1. The Labute approximate surface area is 279 Å². The van der Waals surface area contributed by atoms with E-state index in [0.29, 0.717) is 15.2 Å². The molecule has 0 spiro atoms. The smallest absolute Gasteiger partial charge is 0.305 e. The van der Waals surface area contributed by atoms with Crippen molar-refractivity contribution in [2.75, 3.05) is 16.9 Å². The van der Waals surface area contributed by atoms with E-state index < -0.39 is 82.9 Å². The molecule has 0 unspecified atom stereocenters. The molecule has 0 aliphatic carbocycles. The van der Waals surface area contributed by atoms with Crippen LogP contribution in [0.4, 0.5) is 23.2 Å². The van der Waals surface area contributed by atoms with Crippen molar-refractivity contribution in [3.63, 3.8) is 0 Å². The third-order valence-electron chi connectivity index (χ3n) is 6.79. The van der Waals surface area contributed by atoms with Crippen LogP contribution in [0.15, 0.2) is 77.7 Å². The highest BCUT2D eigenvalue weighted by molar-refractivity contribution is 6.40. The van der Waals surface area contributed by atoms with Crippen LogP contribution < -0.4 is 20.6 Å². The largest absolute Gasteiger partial charge is 0.481 e. The van der Waals surface area contributed by atoms with E-state index in [0.717, 1.165) is 12.3 Å². The lowest BCUT2D eigenvalue weighted by atomic mass is 10.1. The second kappa shape index (κ2) is 15.6. The van der Waals surface area contributed by atoms with Gasteiger partial charge in [0.2, 0.25) is 17.5 Å². The number of carbonyl (C=O) groups excluding carboxylic acids is 3. The number of ether oxygens (including phenoxy) is 1. The summed E-state index contributed by atoms with van der Waals surface area (Å²) in [7, 11) is 0. The molecule has 0 saturated heterocycles. The van der Waals surface area contributed by atoms with Gasteiger partial charge >= 0.3 is 5.97 Å². The van der Waals surface area contributed by atoms with Gasteiger partial charge in [0, 0.05) is 18.7 Å². The summed E-state index contributed by atoms with van der Waals surface area (Å²) in [6.45, 7) is -1.38. The number of ketones is 1. The van der Waals surface area contributed by atoms with Crippen molar-refractivity contribution in [2.24, 2.45) is 0 Å². The quantitative estimate of drug-likeness (QED) is 0.137. The minimum atomic E-state index is -2.07. The van der Waals surface area contributed by atoms with Crippen LogP contribution in [0.25, 0.3) is 0 Å². The van der Waals surface area contributed by atoms with Gasteiger partial charge in [-0.1, -0.05) is 59.6 Å². The topological polar surface area (TPSA) is 135 Å². The molecule has 250 valence electrons. The summed E-state index contributed by atoms with van der Waals surface area (Å²) in [5, 5.41) is 12.4. The molecule has 0 bridgehead atoms. The number of carbonyl (C=O) groups is 4. The van der Waals surface area contributed by atoms with E-state index in [2.05, 4.69) is 5.32 Å². The first kappa shape index (κ1) is 35.6. The van der Waals surface area contributed by atoms with Crippen LogP contribution in [-0.2, 0) is 20.8 Å². The normalized spacial score (nSPS) is 11.5. The molecule has 0 fully saturated rings. The van der Waals surface area contributed by atoms with Crippen molar-refractivity contribution >= 4 is 52.5 Å². The molecule has 0 radical (unpaired) electrons. The molecule has 3 aromatic carbocycles. The van der Waals surface area contributed by atoms with Gasteiger partial charge in [-0.25, -0.2) is 18.5 Å². The molecule has 0 aliphatic heterocycles. The fraction of sp³-hybridized carbons (Fsp3) is 0.156. The molecule has 0 aliphatic rings. The number of halogens is 6. The Morgan fingerprint density at radius 1 is 0.896 bits per heavy atom. The van der Waals surface area contributed by atoms with E-state index in [1.54, 1.807) is 30.3 Å². The van der Waals surface area contributed by atoms with Gasteiger partial charge in [0.25, 0.3) is 11.5 Å². The average molecular weight is 708 g/mol. The molecule has 4 aromatic rings. The van der Waals surface area contributed by atoms with Crippen molar-refractivity contribution < 1.29 is 46.6 Å². The van der Waals surface area contributed by atoms with Gasteiger partial charge in [0.15, 0.2) is 23.2 Å². The third-order valence-corrected chi connectivity index (χ3v) is 7.42. The minimum absolute atomic E-state index is 0.0489. The maximum absolute atomic E-state index is 14.2. The number of aryl methyl sites for hydroxylation is 1. The Balaban J connectivity index is 1.74. The molecule has 1 aromatic heterocycles. The predicted octanol–water partition coefficient (Wildman–Crippen LogP) is 5.55. The van der Waals surface area contributed by atoms with Crippen molar-refractivity contribution in [1.82, 2.24) is 4.68 Å². The molecule has 0 saturated carbocycles. The monoisotopic (exact) mass is 707 g/mol. The molecule has 2 N–H and O–H groups in total. The van der Waals surface area contributed by atoms with Crippen LogP contribution >= 0.6 is 23.2 Å². The number of aromatic nitrogens is 1. The second-order valence-corrected chi connectivity index (χ2v) is 10.8. The van der Waals surface area contributed by atoms with Gasteiger partial charge in [0.05, 0.1) is 22.0 Å². The first-order valence-corrected chi connectivity index (χ1v) is 14.6. The number of hydrogen-bond acceptors (Lipinski definition) is 6. The number of nitrogens with one attached hydrogen (secondary N) is 1. The maximum atomic E-state index is 14.2. The number of carboxylic acids is 1. The fourth-order valence-corrected chi connectivity index (χ4v) is 5.09. The van der Waals surface area contributed by atoms with E-state index in [-0.39, 0.29) is 34.5 Å². The number of Topliss-reactive ketones (excluding diaryl/α,β-unsaturated/α-hetero) is 1. The van der Waals surface area contributed by atoms with Gasteiger partial charge in [-0.15, -0.1) is 0 Å². The number of aliphatic carboxylic acids is 1. The lowest BCUT2D eigenvalue weighted by Crippen LogP contribution is -2.57. The van der Waals surface area contributed by atoms with Gasteiger partial charge in [-0.3, -0.25) is 24.0 Å². The summed E-state index contributed by atoms with van der Waals surface area (Å²) in [5.74, 6) is -14.0. The third kappa shape index (κ3) is 8.19. The Hall–Kier alpha value is -5.21. The predicted molar refractivity (Wildman–Crippen MR) is 166 cm³/mol. The summed E-state index contributed by atoms with van der Waals surface area (Å²) in [6.07, 6.45) is -0.466. The zero-order valence-electron chi connectivity index (χ0n) is 24.4. The van der Waals surface area contributed by atoms with E-state index in [1.807, 2.05) is 0 Å². The lowest BCUT2D eigenvalue weighted by molar-refractivity contribution is -0.140. The second-order valence-electron chi connectivity index (χ2n) is 10.0. The molecule has 4 rings (SSSR count). The molecule has 48 heavy (non-hydrogen) atoms. The van der Waals surface area contributed by atoms with Crippen molar-refractivity contribution in [1.29, 1.82) is 0 Å². The summed E-state index contributed by atoms with van der Waals surface area (Å²) in [5.41, 5.74) is -1.08. The zero-order chi connectivity index (χ0) is 35.1. The Kier molecular flexibility index (Phi) is 11.6.